The molecule has 3 rings (SSSR count). The van der Waals surface area contributed by atoms with Gasteiger partial charge in [-0.15, -0.1) is 0 Å². The molecule has 1 fully saturated rings. The molecule has 0 bridgehead atoms. The Hall–Kier alpha value is -1.60. The van der Waals surface area contributed by atoms with Crippen molar-refractivity contribution >= 4 is 86.1 Å². The van der Waals surface area contributed by atoms with E-state index in [9.17, 15) is 19.1 Å². The van der Waals surface area contributed by atoms with Gasteiger partial charge in [0.05, 0.1) is 12.8 Å². The number of nitrogens with one attached hydrogen (secondary N) is 1. The molecular weight excluding hydrogens is 585 g/mol. The molecule has 132 valence electrons. The van der Waals surface area contributed by atoms with Crippen LogP contribution in [0.4, 0.5) is 10.1 Å². The predicted molar refractivity (Wildman–Crippen MR) is 116 cm³/mol. The molecule has 26 heavy (non-hydrogen) atoms. The number of rotatable bonds is 2. The Morgan fingerprint density at radius 2 is 1.77 bits per heavy atom. The average molecular weight is 594 g/mol. The average Bonchev–Trinajstić information content (AvgIpc) is 2.58. The smallest absolute Gasteiger partial charge is 0.270 e. The Balaban J connectivity index is 2.07. The fraction of sp³-hybridized carbons (Fsp3) is 0. The summed E-state index contributed by atoms with van der Waals surface area (Å²) in [6.07, 6.45) is 1.39. The third-order valence-corrected chi connectivity index (χ3v) is 5.47. The molecule has 2 aromatic carbocycles. The molecule has 0 aromatic heterocycles. The van der Waals surface area contributed by atoms with Crippen molar-refractivity contribution in [3.05, 3.63) is 60.5 Å². The largest absolute Gasteiger partial charge is 0.506 e. The van der Waals surface area contributed by atoms with Crippen LogP contribution in [0.2, 0.25) is 0 Å². The minimum absolute atomic E-state index is 0.0386. The Labute approximate surface area is 180 Å². The summed E-state index contributed by atoms with van der Waals surface area (Å²) >= 11 is 8.94. The molecular formula is C17H9FI2N2O3S. The van der Waals surface area contributed by atoms with E-state index < -0.39 is 17.6 Å². The Bertz CT molecular complexity index is 971. The van der Waals surface area contributed by atoms with Crippen LogP contribution in [-0.4, -0.2) is 22.0 Å². The standard InChI is InChI=1S/C17H9FI2N2O3S/c18-10-3-1-2-4-13(10)22-16(25)9(15(24)21-17(22)26)5-8-6-11(19)14(23)12(20)7-8/h1-7,23H,(H,21,24,26)/b9-5+. The lowest BCUT2D eigenvalue weighted by molar-refractivity contribution is -0.122. The Morgan fingerprint density at radius 3 is 2.38 bits per heavy atom. The zero-order valence-corrected chi connectivity index (χ0v) is 17.9. The summed E-state index contributed by atoms with van der Waals surface area (Å²) in [6.45, 7) is 0. The molecule has 1 aliphatic heterocycles. The van der Waals surface area contributed by atoms with Gasteiger partial charge in [0.25, 0.3) is 11.8 Å². The van der Waals surface area contributed by atoms with Crippen molar-refractivity contribution in [3.8, 4) is 5.75 Å². The number of carbonyl (C=O) groups is 2. The number of carbonyl (C=O) groups excluding carboxylic acids is 2. The van der Waals surface area contributed by atoms with E-state index in [1.807, 2.05) is 45.2 Å². The molecule has 5 nitrogen and oxygen atoms in total. The summed E-state index contributed by atoms with van der Waals surface area (Å²) in [7, 11) is 0. The van der Waals surface area contributed by atoms with Crippen molar-refractivity contribution in [3.63, 3.8) is 0 Å². The van der Waals surface area contributed by atoms with Crippen LogP contribution in [0.3, 0.4) is 0 Å². The lowest BCUT2D eigenvalue weighted by Crippen LogP contribution is -2.54. The monoisotopic (exact) mass is 594 g/mol. The second-order valence-corrected chi connectivity index (χ2v) is 7.95. The second kappa shape index (κ2) is 7.56. The first-order valence-corrected chi connectivity index (χ1v) is 9.70. The first-order chi connectivity index (χ1) is 12.3. The summed E-state index contributed by atoms with van der Waals surface area (Å²) in [5.74, 6) is -1.89. The quantitative estimate of drug-likeness (QED) is 0.242. The third-order valence-electron chi connectivity index (χ3n) is 3.55. The molecule has 0 unspecified atom stereocenters. The van der Waals surface area contributed by atoms with Gasteiger partial charge in [0.1, 0.15) is 17.1 Å². The number of hydrogen-bond acceptors (Lipinski definition) is 4. The Kier molecular flexibility index (Phi) is 5.58. The lowest BCUT2D eigenvalue weighted by atomic mass is 10.1. The fourth-order valence-corrected chi connectivity index (χ4v) is 4.43. The number of benzene rings is 2. The fourth-order valence-electron chi connectivity index (χ4n) is 2.34. The molecule has 0 saturated carbocycles. The maximum atomic E-state index is 14.1. The summed E-state index contributed by atoms with van der Waals surface area (Å²) in [5.41, 5.74) is 0.332. The summed E-state index contributed by atoms with van der Waals surface area (Å²) in [5, 5.41) is 12.1. The van der Waals surface area contributed by atoms with Gasteiger partial charge in [-0.25, -0.2) is 9.29 Å². The minimum atomic E-state index is -0.720. The van der Waals surface area contributed by atoms with Gasteiger partial charge in [-0.05, 0) is 93.3 Å². The van der Waals surface area contributed by atoms with Gasteiger partial charge in [-0.2, -0.15) is 0 Å². The molecule has 1 saturated heterocycles. The van der Waals surface area contributed by atoms with Crippen molar-refractivity contribution in [2.45, 2.75) is 0 Å². The number of phenolic OH excluding ortho intramolecular Hbond substituents is 1. The van der Waals surface area contributed by atoms with E-state index in [1.54, 1.807) is 18.2 Å². The highest BCUT2D eigenvalue weighted by Gasteiger charge is 2.35. The lowest BCUT2D eigenvalue weighted by Gasteiger charge is -2.29. The second-order valence-electron chi connectivity index (χ2n) is 5.24. The van der Waals surface area contributed by atoms with Crippen LogP contribution in [0.15, 0.2) is 42.0 Å². The first-order valence-electron chi connectivity index (χ1n) is 7.13. The molecule has 9 heteroatoms. The maximum absolute atomic E-state index is 14.1. The molecule has 1 heterocycles. The molecule has 2 N–H and O–H groups in total. The molecule has 2 aromatic rings. The maximum Gasteiger partial charge on any atom is 0.270 e. The van der Waals surface area contributed by atoms with Crippen molar-refractivity contribution in [2.24, 2.45) is 0 Å². The highest BCUT2D eigenvalue weighted by molar-refractivity contribution is 14.1. The zero-order valence-electron chi connectivity index (χ0n) is 12.8. The van der Waals surface area contributed by atoms with E-state index >= 15 is 0 Å². The van der Waals surface area contributed by atoms with Gasteiger partial charge < -0.3 is 5.11 Å². The van der Waals surface area contributed by atoms with Crippen LogP contribution in [0, 0.1) is 13.0 Å². The van der Waals surface area contributed by atoms with E-state index in [-0.39, 0.29) is 22.1 Å². The third kappa shape index (κ3) is 3.60. The molecule has 0 radical (unpaired) electrons. The van der Waals surface area contributed by atoms with Gasteiger partial charge in [0.2, 0.25) is 0 Å². The summed E-state index contributed by atoms with van der Waals surface area (Å²) < 4.78 is 15.3. The number of thiocarbonyl (C=S) groups is 1. The van der Waals surface area contributed by atoms with Crippen LogP contribution >= 0.6 is 57.4 Å². The normalized spacial score (nSPS) is 16.2. The van der Waals surface area contributed by atoms with Crippen LogP contribution in [0.25, 0.3) is 6.08 Å². The molecule has 1 aliphatic rings. The number of phenols is 1. The number of halogens is 3. The van der Waals surface area contributed by atoms with Gasteiger partial charge in [0.15, 0.2) is 5.11 Å². The number of nitrogens with zero attached hydrogens (tertiary/aromatic N) is 1. The predicted octanol–water partition coefficient (Wildman–Crippen LogP) is 3.57. The van der Waals surface area contributed by atoms with Gasteiger partial charge in [-0.1, -0.05) is 12.1 Å². The van der Waals surface area contributed by atoms with Crippen LogP contribution < -0.4 is 10.2 Å². The van der Waals surface area contributed by atoms with Crippen LogP contribution in [-0.2, 0) is 9.59 Å². The molecule has 0 atom stereocenters. The zero-order chi connectivity index (χ0) is 19.0. The topological polar surface area (TPSA) is 69.6 Å². The number of para-hydroxylation sites is 1. The van der Waals surface area contributed by atoms with Crippen LogP contribution in [0.1, 0.15) is 5.56 Å². The number of anilines is 1. The highest BCUT2D eigenvalue weighted by atomic mass is 127. The highest BCUT2D eigenvalue weighted by Crippen LogP contribution is 2.29. The number of aromatic hydroxyl groups is 1. The summed E-state index contributed by atoms with van der Waals surface area (Å²) in [6, 6.07) is 8.93. The molecule has 2 amide bonds. The SMILES string of the molecule is O=C1NC(=S)N(c2ccccc2F)C(=O)/C1=C/c1cc(I)c(O)c(I)c1. The molecule has 0 spiro atoms. The number of amides is 2. The summed E-state index contributed by atoms with van der Waals surface area (Å²) in [4.78, 5) is 26.0. The molecule has 0 aliphatic carbocycles. The van der Waals surface area contributed by atoms with Crippen molar-refractivity contribution < 1.29 is 19.1 Å². The van der Waals surface area contributed by atoms with Gasteiger partial charge >= 0.3 is 0 Å². The van der Waals surface area contributed by atoms with E-state index in [0.717, 1.165) is 4.90 Å². The van der Waals surface area contributed by atoms with Gasteiger partial charge in [-0.3, -0.25) is 14.9 Å². The van der Waals surface area contributed by atoms with Crippen molar-refractivity contribution in [1.29, 1.82) is 0 Å². The van der Waals surface area contributed by atoms with E-state index in [2.05, 4.69) is 5.32 Å². The van der Waals surface area contributed by atoms with Crippen molar-refractivity contribution in [2.75, 3.05) is 4.90 Å². The van der Waals surface area contributed by atoms with E-state index in [1.165, 1.54) is 24.3 Å². The minimum Gasteiger partial charge on any atom is -0.506 e. The Morgan fingerprint density at radius 1 is 1.15 bits per heavy atom. The number of hydrogen-bond donors (Lipinski definition) is 2. The van der Waals surface area contributed by atoms with Gasteiger partial charge in [0, 0.05) is 0 Å². The van der Waals surface area contributed by atoms with E-state index in [4.69, 9.17) is 12.2 Å². The van der Waals surface area contributed by atoms with Crippen LogP contribution in [0.5, 0.6) is 5.75 Å². The van der Waals surface area contributed by atoms with Crippen molar-refractivity contribution in [1.82, 2.24) is 5.32 Å². The van der Waals surface area contributed by atoms with E-state index in [0.29, 0.717) is 12.7 Å². The first kappa shape index (κ1) is 19.2.